The molecule has 0 aromatic rings. The molecule has 0 aliphatic carbocycles. The third kappa shape index (κ3) is 32.2. The highest BCUT2D eigenvalue weighted by Crippen LogP contribution is 2.09. The van der Waals surface area contributed by atoms with Gasteiger partial charge in [-0.3, -0.25) is 4.79 Å². The molecule has 0 radical (unpaired) electrons. The van der Waals surface area contributed by atoms with E-state index in [9.17, 15) is 9.90 Å². The van der Waals surface area contributed by atoms with Gasteiger partial charge in [-0.05, 0) is 77.0 Å². The Morgan fingerprint density at radius 2 is 1.02 bits per heavy atom. The van der Waals surface area contributed by atoms with E-state index in [0.717, 1.165) is 77.0 Å². The molecule has 0 bridgehead atoms. The van der Waals surface area contributed by atoms with Crippen molar-refractivity contribution in [3.05, 3.63) is 72.9 Å². The molecule has 0 aromatic heterocycles. The quantitative estimate of drug-likeness (QED) is 0.0552. The van der Waals surface area contributed by atoms with Crippen LogP contribution in [-0.4, -0.2) is 37.0 Å². The van der Waals surface area contributed by atoms with Gasteiger partial charge in [0.25, 0.3) is 0 Å². The van der Waals surface area contributed by atoms with Crippen molar-refractivity contribution in [2.75, 3.05) is 19.8 Å². The minimum atomic E-state index is -0.558. The molecule has 0 saturated heterocycles. The molecule has 0 aliphatic heterocycles. The lowest BCUT2D eigenvalue weighted by Gasteiger charge is -2.15. The van der Waals surface area contributed by atoms with Gasteiger partial charge < -0.3 is 14.6 Å². The topological polar surface area (TPSA) is 55.8 Å². The van der Waals surface area contributed by atoms with E-state index in [4.69, 9.17) is 9.47 Å². The van der Waals surface area contributed by atoms with Crippen LogP contribution in [0.4, 0.5) is 0 Å². The fourth-order valence-corrected chi connectivity index (χ4v) is 4.12. The van der Waals surface area contributed by atoms with Crippen LogP contribution in [0.5, 0.6) is 0 Å². The first kappa shape index (κ1) is 38.8. The molecule has 0 saturated carbocycles. The maximum Gasteiger partial charge on any atom is 0.306 e. The molecular weight excluding hydrogens is 508 g/mol. The summed E-state index contributed by atoms with van der Waals surface area (Å²) >= 11 is 0. The summed E-state index contributed by atoms with van der Waals surface area (Å²) < 4.78 is 11.0. The SMILES string of the molecule is CC/C=C\C/C=C\C/C=C\CCCCCCCCOCC(CO)OC(=O)CCCCC/C=C\C/C=C\C/C=C\CC. The number of aliphatic hydroxyl groups is 1. The standard InChI is InChI=1S/C37H62O4/c1-3-5-7-9-11-13-15-17-18-19-21-23-25-27-29-31-33-40-35-36(34-38)41-37(39)32-30-28-26-24-22-20-16-14-12-10-8-6-4-2/h5-8,11-14,17-18,20,22,36,38H,3-4,9-10,15-16,19,21,23-35H2,1-2H3/b7-5-,8-6-,13-11-,14-12-,18-17-,22-20-. The van der Waals surface area contributed by atoms with Crippen LogP contribution < -0.4 is 0 Å². The minimum Gasteiger partial charge on any atom is -0.457 e. The number of esters is 1. The summed E-state index contributed by atoms with van der Waals surface area (Å²) in [6.45, 7) is 5.03. The van der Waals surface area contributed by atoms with Gasteiger partial charge in [-0.2, -0.15) is 0 Å². The van der Waals surface area contributed by atoms with E-state index in [1.54, 1.807) is 0 Å². The second-order valence-electron chi connectivity index (χ2n) is 10.5. The van der Waals surface area contributed by atoms with E-state index in [-0.39, 0.29) is 19.2 Å². The Balaban J connectivity index is 3.56. The van der Waals surface area contributed by atoms with Crippen LogP contribution in [0.2, 0.25) is 0 Å². The van der Waals surface area contributed by atoms with Crippen molar-refractivity contribution in [2.45, 2.75) is 136 Å². The van der Waals surface area contributed by atoms with Gasteiger partial charge >= 0.3 is 5.97 Å². The molecule has 4 heteroatoms. The van der Waals surface area contributed by atoms with Crippen LogP contribution in [0.15, 0.2) is 72.9 Å². The molecule has 0 rings (SSSR count). The predicted molar refractivity (Wildman–Crippen MR) is 177 cm³/mol. The summed E-state index contributed by atoms with van der Waals surface area (Å²) in [7, 11) is 0. The normalized spacial score (nSPS) is 13.3. The largest absolute Gasteiger partial charge is 0.457 e. The number of hydrogen-bond acceptors (Lipinski definition) is 4. The van der Waals surface area contributed by atoms with Gasteiger partial charge in [0.2, 0.25) is 0 Å². The zero-order chi connectivity index (χ0) is 29.9. The smallest absolute Gasteiger partial charge is 0.306 e. The Morgan fingerprint density at radius 1 is 0.585 bits per heavy atom. The Labute approximate surface area is 253 Å². The Morgan fingerprint density at radius 3 is 1.54 bits per heavy atom. The first-order chi connectivity index (χ1) is 20.2. The number of ether oxygens (including phenoxy) is 2. The molecule has 234 valence electrons. The summed E-state index contributed by atoms with van der Waals surface area (Å²) in [5, 5.41) is 9.52. The summed E-state index contributed by atoms with van der Waals surface area (Å²) in [5.41, 5.74) is 0. The molecule has 1 N–H and O–H groups in total. The number of allylic oxidation sites excluding steroid dienone is 12. The summed E-state index contributed by atoms with van der Waals surface area (Å²) in [6, 6.07) is 0. The number of hydrogen-bond donors (Lipinski definition) is 1. The average Bonchev–Trinajstić information content (AvgIpc) is 2.98. The van der Waals surface area contributed by atoms with Crippen molar-refractivity contribution < 1.29 is 19.4 Å². The van der Waals surface area contributed by atoms with Crippen LogP contribution in [0.25, 0.3) is 0 Å². The lowest BCUT2D eigenvalue weighted by Crippen LogP contribution is -2.27. The van der Waals surface area contributed by atoms with Crippen LogP contribution in [0, 0.1) is 0 Å². The van der Waals surface area contributed by atoms with Crippen molar-refractivity contribution in [2.24, 2.45) is 0 Å². The Bertz CT molecular complexity index is 729. The predicted octanol–water partition coefficient (Wildman–Crippen LogP) is 10.3. The van der Waals surface area contributed by atoms with Gasteiger partial charge in [-0.15, -0.1) is 0 Å². The average molecular weight is 571 g/mol. The summed E-state index contributed by atoms with van der Waals surface area (Å²) in [6.07, 6.45) is 45.1. The van der Waals surface area contributed by atoms with E-state index in [0.29, 0.717) is 13.0 Å². The highest BCUT2D eigenvalue weighted by Gasteiger charge is 2.13. The number of carbonyl (C=O) groups is 1. The van der Waals surface area contributed by atoms with Gasteiger partial charge in [-0.25, -0.2) is 0 Å². The van der Waals surface area contributed by atoms with Gasteiger partial charge in [0.15, 0.2) is 0 Å². The highest BCUT2D eigenvalue weighted by atomic mass is 16.6. The number of aliphatic hydroxyl groups excluding tert-OH is 1. The van der Waals surface area contributed by atoms with Crippen LogP contribution in [-0.2, 0) is 14.3 Å². The van der Waals surface area contributed by atoms with E-state index < -0.39 is 6.10 Å². The molecule has 41 heavy (non-hydrogen) atoms. The molecule has 0 fully saturated rings. The summed E-state index contributed by atoms with van der Waals surface area (Å²) in [5.74, 6) is -0.239. The maximum absolute atomic E-state index is 12.1. The Hall–Kier alpha value is -2.17. The molecule has 0 aromatic carbocycles. The van der Waals surface area contributed by atoms with Crippen LogP contribution >= 0.6 is 0 Å². The number of rotatable bonds is 29. The van der Waals surface area contributed by atoms with Gasteiger partial charge in [0.05, 0.1) is 13.2 Å². The summed E-state index contributed by atoms with van der Waals surface area (Å²) in [4.78, 5) is 12.1. The lowest BCUT2D eigenvalue weighted by atomic mass is 10.1. The monoisotopic (exact) mass is 570 g/mol. The first-order valence-electron chi connectivity index (χ1n) is 16.5. The molecule has 4 nitrogen and oxygen atoms in total. The van der Waals surface area contributed by atoms with Crippen molar-refractivity contribution in [3.63, 3.8) is 0 Å². The number of unbranched alkanes of at least 4 members (excludes halogenated alkanes) is 9. The molecular formula is C37H62O4. The second-order valence-corrected chi connectivity index (χ2v) is 10.5. The van der Waals surface area contributed by atoms with Crippen LogP contribution in [0.3, 0.4) is 0 Å². The highest BCUT2D eigenvalue weighted by molar-refractivity contribution is 5.69. The third-order valence-electron chi connectivity index (χ3n) is 6.53. The second kappa shape index (κ2) is 34.0. The number of carbonyl (C=O) groups excluding carboxylic acids is 1. The van der Waals surface area contributed by atoms with E-state index >= 15 is 0 Å². The molecule has 0 amide bonds. The molecule has 0 aliphatic rings. The first-order valence-corrected chi connectivity index (χ1v) is 16.5. The maximum atomic E-state index is 12.1. The Kier molecular flexibility index (Phi) is 32.2. The molecule has 0 heterocycles. The lowest BCUT2D eigenvalue weighted by molar-refractivity contribution is -0.154. The molecule has 0 spiro atoms. The third-order valence-corrected chi connectivity index (χ3v) is 6.53. The zero-order valence-corrected chi connectivity index (χ0v) is 26.5. The minimum absolute atomic E-state index is 0.194. The fraction of sp³-hybridized carbons (Fsp3) is 0.649. The van der Waals surface area contributed by atoms with Crippen molar-refractivity contribution in [1.29, 1.82) is 0 Å². The molecule has 1 unspecified atom stereocenters. The van der Waals surface area contributed by atoms with Crippen molar-refractivity contribution >= 4 is 5.97 Å². The van der Waals surface area contributed by atoms with Gasteiger partial charge in [0, 0.05) is 13.0 Å². The van der Waals surface area contributed by atoms with E-state index in [1.165, 1.54) is 32.1 Å². The molecule has 1 atom stereocenters. The van der Waals surface area contributed by atoms with Crippen molar-refractivity contribution in [1.82, 2.24) is 0 Å². The zero-order valence-electron chi connectivity index (χ0n) is 26.5. The van der Waals surface area contributed by atoms with Gasteiger partial charge in [-0.1, -0.05) is 119 Å². The van der Waals surface area contributed by atoms with Crippen molar-refractivity contribution in [3.8, 4) is 0 Å². The van der Waals surface area contributed by atoms with Gasteiger partial charge in [0.1, 0.15) is 6.10 Å². The van der Waals surface area contributed by atoms with E-state index in [2.05, 4.69) is 86.8 Å². The van der Waals surface area contributed by atoms with E-state index in [1.807, 2.05) is 0 Å². The van der Waals surface area contributed by atoms with Crippen LogP contribution in [0.1, 0.15) is 129 Å². The fourth-order valence-electron chi connectivity index (χ4n) is 4.12.